The Balaban J connectivity index is 2.51. The van der Waals surface area contributed by atoms with Crippen molar-refractivity contribution >= 4 is 11.9 Å². The number of alkyl halides is 3. The predicted octanol–water partition coefficient (Wildman–Crippen LogP) is -0.228. The Kier molecular flexibility index (Phi) is 3.06. The van der Waals surface area contributed by atoms with Crippen LogP contribution >= 0.6 is 0 Å². The minimum Gasteiger partial charge on any atom is -0.351 e. The van der Waals surface area contributed by atoms with Crippen molar-refractivity contribution in [3.05, 3.63) is 0 Å². The van der Waals surface area contributed by atoms with Crippen molar-refractivity contribution in [2.24, 2.45) is 5.73 Å². The first-order valence-corrected chi connectivity index (χ1v) is 4.23. The van der Waals surface area contributed by atoms with Crippen LogP contribution in [-0.4, -0.2) is 54.1 Å². The van der Waals surface area contributed by atoms with Gasteiger partial charge in [-0.05, 0) is 0 Å². The Bertz CT molecular complexity index is 271. The van der Waals surface area contributed by atoms with Crippen LogP contribution in [0.25, 0.3) is 0 Å². The van der Waals surface area contributed by atoms with Gasteiger partial charge in [-0.1, -0.05) is 0 Å². The first-order chi connectivity index (χ1) is 6.82. The standard InChI is InChI=1S/C7H10F3N3O2/c8-7(9,10)5(14)12-1-3-13(4-2-12)6(11)15/h1-4H2,(H2,11,15). The predicted molar refractivity (Wildman–Crippen MR) is 43.8 cm³/mol. The van der Waals surface area contributed by atoms with E-state index in [1.165, 1.54) is 4.90 Å². The van der Waals surface area contributed by atoms with Gasteiger partial charge in [0.25, 0.3) is 0 Å². The molecule has 86 valence electrons. The number of nitrogens with zero attached hydrogens (tertiary/aromatic N) is 2. The van der Waals surface area contributed by atoms with Crippen LogP contribution in [0, 0.1) is 0 Å². The zero-order valence-electron chi connectivity index (χ0n) is 7.75. The summed E-state index contributed by atoms with van der Waals surface area (Å²) in [4.78, 5) is 23.3. The number of amides is 3. The lowest BCUT2D eigenvalue weighted by Crippen LogP contribution is -2.54. The third kappa shape index (κ3) is 2.74. The molecule has 0 radical (unpaired) electrons. The summed E-state index contributed by atoms with van der Waals surface area (Å²) in [5.41, 5.74) is 4.94. The van der Waals surface area contributed by atoms with Gasteiger partial charge in [0.05, 0.1) is 0 Å². The van der Waals surface area contributed by atoms with E-state index in [1.54, 1.807) is 0 Å². The van der Waals surface area contributed by atoms with E-state index in [0.717, 1.165) is 0 Å². The molecule has 8 heteroatoms. The summed E-state index contributed by atoms with van der Waals surface area (Å²) in [5.74, 6) is -1.87. The summed E-state index contributed by atoms with van der Waals surface area (Å²) in [6.45, 7) is -0.198. The first-order valence-electron chi connectivity index (χ1n) is 4.23. The summed E-state index contributed by atoms with van der Waals surface area (Å²) >= 11 is 0. The Morgan fingerprint density at radius 2 is 1.40 bits per heavy atom. The molecule has 0 aromatic heterocycles. The van der Waals surface area contributed by atoms with E-state index in [1.807, 2.05) is 0 Å². The van der Waals surface area contributed by atoms with Gasteiger partial charge in [-0.15, -0.1) is 0 Å². The van der Waals surface area contributed by atoms with Crippen molar-refractivity contribution in [1.82, 2.24) is 9.80 Å². The Morgan fingerprint density at radius 3 is 1.73 bits per heavy atom. The number of halogens is 3. The van der Waals surface area contributed by atoms with Crippen LogP contribution in [0.3, 0.4) is 0 Å². The molecule has 0 unspecified atom stereocenters. The van der Waals surface area contributed by atoms with E-state index in [4.69, 9.17) is 5.73 Å². The molecule has 1 heterocycles. The lowest BCUT2D eigenvalue weighted by molar-refractivity contribution is -0.186. The van der Waals surface area contributed by atoms with Crippen LogP contribution in [0.15, 0.2) is 0 Å². The third-order valence-corrected chi connectivity index (χ3v) is 2.12. The SMILES string of the molecule is NC(=O)N1CCN(C(=O)C(F)(F)F)CC1. The van der Waals surface area contributed by atoms with Gasteiger partial charge in [0.2, 0.25) is 0 Å². The molecular weight excluding hydrogens is 215 g/mol. The smallest absolute Gasteiger partial charge is 0.351 e. The monoisotopic (exact) mass is 225 g/mol. The van der Waals surface area contributed by atoms with Crippen LogP contribution in [0.4, 0.5) is 18.0 Å². The number of carbonyl (C=O) groups is 2. The van der Waals surface area contributed by atoms with Gasteiger partial charge in [0.1, 0.15) is 0 Å². The molecule has 0 saturated carbocycles. The molecule has 0 aliphatic carbocycles. The van der Waals surface area contributed by atoms with Crippen LogP contribution in [-0.2, 0) is 4.79 Å². The van der Waals surface area contributed by atoms with E-state index in [9.17, 15) is 22.8 Å². The zero-order chi connectivity index (χ0) is 11.6. The Labute approximate surface area is 83.6 Å². The van der Waals surface area contributed by atoms with Gasteiger partial charge < -0.3 is 15.5 Å². The summed E-state index contributed by atoms with van der Waals surface area (Å²) < 4.78 is 36.0. The molecule has 0 aromatic rings. The quantitative estimate of drug-likeness (QED) is 0.619. The number of urea groups is 1. The summed E-state index contributed by atoms with van der Waals surface area (Å²) in [7, 11) is 0. The van der Waals surface area contributed by atoms with Crippen molar-refractivity contribution in [2.75, 3.05) is 26.2 Å². The highest BCUT2D eigenvalue weighted by Crippen LogP contribution is 2.19. The van der Waals surface area contributed by atoms with Crippen molar-refractivity contribution < 1.29 is 22.8 Å². The van der Waals surface area contributed by atoms with E-state index in [-0.39, 0.29) is 26.2 Å². The number of hydrogen-bond donors (Lipinski definition) is 1. The molecule has 1 saturated heterocycles. The average Bonchev–Trinajstić information content (AvgIpc) is 2.15. The van der Waals surface area contributed by atoms with E-state index in [2.05, 4.69) is 0 Å². The van der Waals surface area contributed by atoms with Crippen LogP contribution < -0.4 is 5.73 Å². The highest BCUT2D eigenvalue weighted by Gasteiger charge is 2.43. The topological polar surface area (TPSA) is 66.6 Å². The van der Waals surface area contributed by atoms with E-state index < -0.39 is 18.1 Å². The lowest BCUT2D eigenvalue weighted by Gasteiger charge is -2.33. The Hall–Kier alpha value is -1.47. The molecule has 3 amide bonds. The molecule has 0 spiro atoms. The van der Waals surface area contributed by atoms with Gasteiger partial charge in [0.15, 0.2) is 0 Å². The molecule has 0 bridgehead atoms. The largest absolute Gasteiger partial charge is 0.471 e. The lowest BCUT2D eigenvalue weighted by atomic mass is 10.3. The highest BCUT2D eigenvalue weighted by atomic mass is 19.4. The molecule has 1 aliphatic heterocycles. The van der Waals surface area contributed by atoms with Gasteiger partial charge >= 0.3 is 18.1 Å². The fourth-order valence-corrected chi connectivity index (χ4v) is 1.31. The summed E-state index contributed by atoms with van der Waals surface area (Å²) in [6, 6.07) is -0.686. The Morgan fingerprint density at radius 1 is 1.00 bits per heavy atom. The maximum atomic E-state index is 12.0. The molecule has 2 N–H and O–H groups in total. The second-order valence-corrected chi connectivity index (χ2v) is 3.12. The fraction of sp³-hybridized carbons (Fsp3) is 0.714. The van der Waals surface area contributed by atoms with Crippen molar-refractivity contribution in [1.29, 1.82) is 0 Å². The van der Waals surface area contributed by atoms with Gasteiger partial charge in [-0.25, -0.2) is 4.79 Å². The van der Waals surface area contributed by atoms with Crippen LogP contribution in [0.5, 0.6) is 0 Å². The van der Waals surface area contributed by atoms with E-state index in [0.29, 0.717) is 4.90 Å². The van der Waals surface area contributed by atoms with Gasteiger partial charge in [0, 0.05) is 26.2 Å². The molecule has 5 nitrogen and oxygen atoms in total. The summed E-state index contributed by atoms with van der Waals surface area (Å²) in [6.07, 6.45) is -4.85. The average molecular weight is 225 g/mol. The highest BCUT2D eigenvalue weighted by molar-refractivity contribution is 5.82. The number of nitrogens with two attached hydrogens (primary N) is 1. The normalized spacial score (nSPS) is 17.8. The van der Waals surface area contributed by atoms with Gasteiger partial charge in [-0.2, -0.15) is 13.2 Å². The minimum atomic E-state index is -4.85. The second kappa shape index (κ2) is 3.95. The second-order valence-electron chi connectivity index (χ2n) is 3.12. The minimum absolute atomic E-state index is 0.0388. The molecular formula is C7H10F3N3O2. The molecule has 0 aromatic carbocycles. The first kappa shape index (κ1) is 11.6. The fourth-order valence-electron chi connectivity index (χ4n) is 1.31. The number of primary amides is 1. The van der Waals surface area contributed by atoms with Crippen molar-refractivity contribution in [3.8, 4) is 0 Å². The molecule has 15 heavy (non-hydrogen) atoms. The molecule has 1 rings (SSSR count). The van der Waals surface area contributed by atoms with Gasteiger partial charge in [-0.3, -0.25) is 4.79 Å². The van der Waals surface area contributed by atoms with Crippen molar-refractivity contribution in [2.45, 2.75) is 6.18 Å². The summed E-state index contributed by atoms with van der Waals surface area (Å²) in [5, 5.41) is 0. The van der Waals surface area contributed by atoms with Crippen LogP contribution in [0.2, 0.25) is 0 Å². The maximum Gasteiger partial charge on any atom is 0.471 e. The maximum absolute atomic E-state index is 12.0. The number of piperazine rings is 1. The number of carbonyl (C=O) groups excluding carboxylic acids is 2. The molecule has 0 atom stereocenters. The number of rotatable bonds is 0. The van der Waals surface area contributed by atoms with E-state index >= 15 is 0 Å². The third-order valence-electron chi connectivity index (χ3n) is 2.12. The molecule has 1 aliphatic rings. The van der Waals surface area contributed by atoms with Crippen LogP contribution in [0.1, 0.15) is 0 Å². The van der Waals surface area contributed by atoms with Crippen molar-refractivity contribution in [3.63, 3.8) is 0 Å². The number of hydrogen-bond acceptors (Lipinski definition) is 2. The molecule has 1 fully saturated rings. The zero-order valence-corrected chi connectivity index (χ0v) is 7.75.